The maximum Gasteiger partial charge on any atom is 0.160 e. The number of para-hydroxylation sites is 1. The molecule has 0 radical (unpaired) electrons. The molecule has 1 N–H and O–H groups in total. The molecule has 4 rings (SSSR count). The van der Waals surface area contributed by atoms with E-state index in [-0.39, 0.29) is 5.75 Å². The maximum absolute atomic E-state index is 9.97. The fraction of sp³-hybridized carbons (Fsp3) is 0.217. The monoisotopic (exact) mass is 361 g/mol. The van der Waals surface area contributed by atoms with Gasteiger partial charge in [-0.1, -0.05) is 30.3 Å². The number of fused-ring (bicyclic) bond motifs is 1. The van der Waals surface area contributed by atoms with E-state index in [9.17, 15) is 5.11 Å². The van der Waals surface area contributed by atoms with Gasteiger partial charge in [-0.2, -0.15) is 0 Å². The summed E-state index contributed by atoms with van der Waals surface area (Å²) in [5, 5.41) is 9.97. The average molecular weight is 361 g/mol. The smallest absolute Gasteiger partial charge is 0.160 e. The number of methoxy groups -OCH3 is 1. The predicted octanol–water partition coefficient (Wildman–Crippen LogP) is 4.75. The first-order valence-electron chi connectivity index (χ1n) is 9.14. The topological polar surface area (TPSA) is 41.9 Å². The average Bonchev–Trinajstić information content (AvgIpc) is 2.69. The van der Waals surface area contributed by atoms with Crippen molar-refractivity contribution in [1.29, 1.82) is 0 Å². The number of hydrogen-bond donors (Lipinski definition) is 1. The first-order valence-corrected chi connectivity index (χ1v) is 9.14. The Morgan fingerprint density at radius 2 is 1.74 bits per heavy atom. The second-order valence-electron chi connectivity index (χ2n) is 6.82. The van der Waals surface area contributed by atoms with Crippen LogP contribution in [0.2, 0.25) is 0 Å². The van der Waals surface area contributed by atoms with Crippen LogP contribution in [0.15, 0.2) is 66.7 Å². The first-order chi connectivity index (χ1) is 13.2. The van der Waals surface area contributed by atoms with E-state index in [2.05, 4.69) is 17.0 Å². The lowest BCUT2D eigenvalue weighted by Crippen LogP contribution is -2.30. The summed E-state index contributed by atoms with van der Waals surface area (Å²) >= 11 is 0. The lowest BCUT2D eigenvalue weighted by Gasteiger charge is -2.29. The molecule has 0 aromatic heterocycles. The fourth-order valence-corrected chi connectivity index (χ4v) is 3.52. The standard InChI is InChI=1S/C23H23NO3/c1-26-23-14-19-16-24(11-10-18(19)13-22(23)25)15-17-6-5-9-21(12-17)27-20-7-3-2-4-8-20/h2-9,12-14,25H,10-11,15-16H2,1H3. The van der Waals surface area contributed by atoms with Gasteiger partial charge in [0.1, 0.15) is 11.5 Å². The highest BCUT2D eigenvalue weighted by atomic mass is 16.5. The van der Waals surface area contributed by atoms with Crippen LogP contribution in [0.4, 0.5) is 0 Å². The molecule has 1 aliphatic heterocycles. The van der Waals surface area contributed by atoms with E-state index < -0.39 is 0 Å². The minimum Gasteiger partial charge on any atom is -0.504 e. The molecule has 0 atom stereocenters. The van der Waals surface area contributed by atoms with Crippen molar-refractivity contribution in [3.05, 3.63) is 83.4 Å². The number of ether oxygens (including phenoxy) is 2. The van der Waals surface area contributed by atoms with Crippen LogP contribution in [0.1, 0.15) is 16.7 Å². The van der Waals surface area contributed by atoms with Crippen LogP contribution in [-0.2, 0) is 19.5 Å². The molecule has 0 saturated carbocycles. The normalized spacial score (nSPS) is 13.8. The molecule has 0 spiro atoms. The highest BCUT2D eigenvalue weighted by Gasteiger charge is 2.19. The minimum atomic E-state index is 0.218. The Balaban J connectivity index is 1.46. The highest BCUT2D eigenvalue weighted by Crippen LogP contribution is 2.33. The van der Waals surface area contributed by atoms with Gasteiger partial charge in [-0.25, -0.2) is 0 Å². The summed E-state index contributed by atoms with van der Waals surface area (Å²) in [5.74, 6) is 2.44. The van der Waals surface area contributed by atoms with Crippen LogP contribution in [-0.4, -0.2) is 23.7 Å². The molecule has 138 valence electrons. The molecule has 0 bridgehead atoms. The van der Waals surface area contributed by atoms with Crippen molar-refractivity contribution < 1.29 is 14.6 Å². The van der Waals surface area contributed by atoms with Gasteiger partial charge >= 0.3 is 0 Å². The van der Waals surface area contributed by atoms with Gasteiger partial charge in [0.2, 0.25) is 0 Å². The number of nitrogens with zero attached hydrogens (tertiary/aromatic N) is 1. The largest absolute Gasteiger partial charge is 0.504 e. The van der Waals surface area contributed by atoms with Gasteiger partial charge in [0.05, 0.1) is 7.11 Å². The van der Waals surface area contributed by atoms with Gasteiger partial charge in [0, 0.05) is 19.6 Å². The third-order valence-corrected chi connectivity index (χ3v) is 4.88. The number of phenols is 1. The highest BCUT2D eigenvalue weighted by molar-refractivity contribution is 5.47. The van der Waals surface area contributed by atoms with Crippen LogP contribution in [0.3, 0.4) is 0 Å². The molecule has 1 heterocycles. The van der Waals surface area contributed by atoms with E-state index in [1.807, 2.05) is 54.6 Å². The van der Waals surface area contributed by atoms with Crippen molar-refractivity contribution in [1.82, 2.24) is 4.90 Å². The van der Waals surface area contributed by atoms with E-state index in [1.54, 1.807) is 7.11 Å². The third-order valence-electron chi connectivity index (χ3n) is 4.88. The van der Waals surface area contributed by atoms with Gasteiger partial charge in [-0.3, -0.25) is 4.90 Å². The van der Waals surface area contributed by atoms with Crippen LogP contribution in [0.5, 0.6) is 23.0 Å². The molecule has 3 aromatic carbocycles. The van der Waals surface area contributed by atoms with Gasteiger partial charge in [0.15, 0.2) is 11.5 Å². The summed E-state index contributed by atoms with van der Waals surface area (Å²) in [6, 6.07) is 21.9. The lowest BCUT2D eigenvalue weighted by atomic mass is 9.98. The van der Waals surface area contributed by atoms with E-state index in [1.165, 1.54) is 16.7 Å². The van der Waals surface area contributed by atoms with Crippen molar-refractivity contribution >= 4 is 0 Å². The minimum absolute atomic E-state index is 0.218. The Hall–Kier alpha value is -2.98. The second-order valence-corrected chi connectivity index (χ2v) is 6.82. The number of benzene rings is 3. The van der Waals surface area contributed by atoms with Crippen LogP contribution < -0.4 is 9.47 Å². The predicted molar refractivity (Wildman–Crippen MR) is 105 cm³/mol. The molecular formula is C23H23NO3. The zero-order valence-electron chi connectivity index (χ0n) is 15.4. The van der Waals surface area contributed by atoms with Gasteiger partial charge in [0.25, 0.3) is 0 Å². The number of aromatic hydroxyl groups is 1. The molecule has 3 aromatic rings. The van der Waals surface area contributed by atoms with E-state index in [0.29, 0.717) is 5.75 Å². The Labute approximate surface area is 159 Å². The third kappa shape index (κ3) is 4.07. The number of rotatable bonds is 5. The molecule has 0 fully saturated rings. The second kappa shape index (κ2) is 7.72. The van der Waals surface area contributed by atoms with Crippen LogP contribution >= 0.6 is 0 Å². The maximum atomic E-state index is 9.97. The summed E-state index contributed by atoms with van der Waals surface area (Å²) in [6.45, 7) is 2.66. The van der Waals surface area contributed by atoms with E-state index in [0.717, 1.165) is 37.6 Å². The SMILES string of the molecule is COc1cc2c(cc1O)CCN(Cc1cccc(Oc3ccccc3)c1)C2. The Kier molecular flexibility index (Phi) is 4.99. The molecule has 4 heteroatoms. The summed E-state index contributed by atoms with van der Waals surface area (Å²) in [5.41, 5.74) is 3.64. The van der Waals surface area contributed by atoms with Gasteiger partial charge in [-0.05, 0) is 59.5 Å². The molecule has 27 heavy (non-hydrogen) atoms. The van der Waals surface area contributed by atoms with Crippen molar-refractivity contribution in [2.75, 3.05) is 13.7 Å². The summed E-state index contributed by atoms with van der Waals surface area (Å²) in [7, 11) is 1.58. The lowest BCUT2D eigenvalue weighted by molar-refractivity contribution is 0.244. The molecule has 0 amide bonds. The molecule has 0 saturated heterocycles. The van der Waals surface area contributed by atoms with E-state index in [4.69, 9.17) is 9.47 Å². The van der Waals surface area contributed by atoms with Gasteiger partial charge < -0.3 is 14.6 Å². The zero-order valence-corrected chi connectivity index (χ0v) is 15.4. The van der Waals surface area contributed by atoms with Crippen LogP contribution in [0.25, 0.3) is 0 Å². The quantitative estimate of drug-likeness (QED) is 0.712. The molecule has 0 aliphatic carbocycles. The van der Waals surface area contributed by atoms with Crippen molar-refractivity contribution in [2.45, 2.75) is 19.5 Å². The molecule has 0 unspecified atom stereocenters. The van der Waals surface area contributed by atoms with Gasteiger partial charge in [-0.15, -0.1) is 0 Å². The van der Waals surface area contributed by atoms with Crippen LogP contribution in [0, 0.1) is 0 Å². The van der Waals surface area contributed by atoms with E-state index >= 15 is 0 Å². The zero-order chi connectivity index (χ0) is 18.6. The van der Waals surface area contributed by atoms with Crippen molar-refractivity contribution in [3.63, 3.8) is 0 Å². The Bertz CT molecular complexity index is 924. The fourth-order valence-electron chi connectivity index (χ4n) is 3.52. The molecule has 4 nitrogen and oxygen atoms in total. The first kappa shape index (κ1) is 17.4. The number of phenolic OH excluding ortho intramolecular Hbond substituents is 1. The van der Waals surface area contributed by atoms with Crippen molar-refractivity contribution in [3.8, 4) is 23.0 Å². The summed E-state index contributed by atoms with van der Waals surface area (Å²) < 4.78 is 11.2. The Morgan fingerprint density at radius 1 is 0.926 bits per heavy atom. The Morgan fingerprint density at radius 3 is 2.56 bits per heavy atom. The molecular weight excluding hydrogens is 338 g/mol. The summed E-state index contributed by atoms with van der Waals surface area (Å²) in [6.07, 6.45) is 0.924. The molecule has 1 aliphatic rings. The number of hydrogen-bond acceptors (Lipinski definition) is 4. The van der Waals surface area contributed by atoms with Crippen molar-refractivity contribution in [2.24, 2.45) is 0 Å². The summed E-state index contributed by atoms with van der Waals surface area (Å²) in [4.78, 5) is 2.40.